The summed E-state index contributed by atoms with van der Waals surface area (Å²) in [5, 5.41) is 3.65. The smallest absolute Gasteiger partial charge is 0.0331 e. The molecule has 0 aliphatic rings. The van der Waals surface area contributed by atoms with Gasteiger partial charge in [0.2, 0.25) is 0 Å². The van der Waals surface area contributed by atoms with Crippen molar-refractivity contribution in [3.63, 3.8) is 0 Å². The molecule has 0 bridgehead atoms. The lowest BCUT2D eigenvalue weighted by molar-refractivity contribution is 0.474. The summed E-state index contributed by atoms with van der Waals surface area (Å²) in [6.07, 6.45) is 10.9. The minimum Gasteiger partial charge on any atom is -0.310 e. The van der Waals surface area contributed by atoms with Crippen LogP contribution < -0.4 is 5.32 Å². The second kappa shape index (κ2) is 11.3. The fourth-order valence-electron chi connectivity index (χ4n) is 2.85. The van der Waals surface area contributed by atoms with Gasteiger partial charge in [-0.25, -0.2) is 0 Å². The van der Waals surface area contributed by atoms with Gasteiger partial charge in [-0.3, -0.25) is 0 Å². The molecule has 0 heterocycles. The summed E-state index contributed by atoms with van der Waals surface area (Å²) < 4.78 is 1.24. The van der Waals surface area contributed by atoms with Crippen LogP contribution in [0.2, 0.25) is 0 Å². The fraction of sp³-hybridized carbons (Fsp3) is 0.684. The van der Waals surface area contributed by atoms with E-state index in [1.54, 1.807) is 0 Å². The number of benzene rings is 1. The molecule has 1 rings (SSSR count). The molecule has 0 aliphatic heterocycles. The predicted octanol–water partition coefficient (Wildman–Crippen LogP) is 6.55. The Morgan fingerprint density at radius 2 is 1.67 bits per heavy atom. The Balaban J connectivity index is 2.41. The maximum absolute atomic E-state index is 3.71. The van der Waals surface area contributed by atoms with E-state index in [2.05, 4.69) is 60.2 Å². The third-order valence-electron chi connectivity index (χ3n) is 4.07. The van der Waals surface area contributed by atoms with Gasteiger partial charge in [-0.1, -0.05) is 92.4 Å². The van der Waals surface area contributed by atoms with Crippen molar-refractivity contribution in [3.05, 3.63) is 33.8 Å². The lowest BCUT2D eigenvalue weighted by atomic mass is 9.98. The molecule has 1 aromatic rings. The van der Waals surface area contributed by atoms with Crippen LogP contribution in [0.5, 0.6) is 0 Å². The van der Waals surface area contributed by atoms with E-state index in [0.29, 0.717) is 6.04 Å². The van der Waals surface area contributed by atoms with Crippen LogP contribution in [0, 0.1) is 6.92 Å². The molecule has 1 atom stereocenters. The Morgan fingerprint density at radius 3 is 2.33 bits per heavy atom. The maximum Gasteiger partial charge on any atom is 0.0331 e. The second-order valence-corrected chi connectivity index (χ2v) is 6.90. The number of halogens is 1. The number of aryl methyl sites for hydroxylation is 1. The molecule has 0 aromatic heterocycles. The van der Waals surface area contributed by atoms with E-state index in [1.165, 1.54) is 67.0 Å². The SMILES string of the molecule is CCCCCCCCCC(NCC)c1cc(C)ccc1Br. The molecular weight excluding hydrogens is 322 g/mol. The minimum atomic E-state index is 0.486. The summed E-state index contributed by atoms with van der Waals surface area (Å²) in [5.74, 6) is 0. The highest BCUT2D eigenvalue weighted by atomic mass is 79.9. The molecule has 0 radical (unpaired) electrons. The van der Waals surface area contributed by atoms with Crippen molar-refractivity contribution in [2.24, 2.45) is 0 Å². The van der Waals surface area contributed by atoms with E-state index in [9.17, 15) is 0 Å². The zero-order chi connectivity index (χ0) is 15.5. The van der Waals surface area contributed by atoms with Crippen LogP contribution in [0.25, 0.3) is 0 Å². The number of rotatable bonds is 11. The van der Waals surface area contributed by atoms with E-state index in [4.69, 9.17) is 0 Å². The molecule has 0 aliphatic carbocycles. The van der Waals surface area contributed by atoms with E-state index in [1.807, 2.05) is 0 Å². The van der Waals surface area contributed by atoms with E-state index < -0.39 is 0 Å². The molecule has 0 spiro atoms. The Labute approximate surface area is 140 Å². The monoisotopic (exact) mass is 353 g/mol. The molecule has 120 valence electrons. The highest BCUT2D eigenvalue weighted by Crippen LogP contribution is 2.28. The summed E-state index contributed by atoms with van der Waals surface area (Å²) in [6, 6.07) is 7.16. The first-order chi connectivity index (χ1) is 10.2. The molecule has 1 N–H and O–H groups in total. The first-order valence-corrected chi connectivity index (χ1v) is 9.47. The van der Waals surface area contributed by atoms with Crippen molar-refractivity contribution >= 4 is 15.9 Å². The standard InChI is InChI=1S/C19H32BrN/c1-4-6-7-8-9-10-11-12-19(21-5-2)17-15-16(3)13-14-18(17)20/h13-15,19,21H,4-12H2,1-3H3. The van der Waals surface area contributed by atoms with Gasteiger partial charge in [-0.2, -0.15) is 0 Å². The van der Waals surface area contributed by atoms with Gasteiger partial charge in [0.1, 0.15) is 0 Å². The van der Waals surface area contributed by atoms with Gasteiger partial charge in [-0.15, -0.1) is 0 Å². The van der Waals surface area contributed by atoms with Gasteiger partial charge in [0.15, 0.2) is 0 Å². The average molecular weight is 354 g/mol. The van der Waals surface area contributed by atoms with Crippen LogP contribution in [-0.4, -0.2) is 6.54 Å². The van der Waals surface area contributed by atoms with Crippen molar-refractivity contribution in [1.29, 1.82) is 0 Å². The molecule has 21 heavy (non-hydrogen) atoms. The molecule has 1 aromatic carbocycles. The van der Waals surface area contributed by atoms with Gasteiger partial charge in [0.25, 0.3) is 0 Å². The molecule has 0 saturated carbocycles. The topological polar surface area (TPSA) is 12.0 Å². The largest absolute Gasteiger partial charge is 0.310 e. The highest BCUT2D eigenvalue weighted by Gasteiger charge is 2.13. The summed E-state index contributed by atoms with van der Waals surface area (Å²) in [5.41, 5.74) is 2.76. The Kier molecular flexibility index (Phi) is 10.0. The van der Waals surface area contributed by atoms with E-state index in [0.717, 1.165) is 6.54 Å². The number of unbranched alkanes of at least 4 members (excludes halogenated alkanes) is 6. The Hall–Kier alpha value is -0.340. The van der Waals surface area contributed by atoms with Crippen LogP contribution >= 0.6 is 15.9 Å². The molecule has 0 fully saturated rings. The third-order valence-corrected chi connectivity index (χ3v) is 4.80. The number of hydrogen-bond donors (Lipinski definition) is 1. The summed E-state index contributed by atoms with van der Waals surface area (Å²) in [6.45, 7) is 7.68. The zero-order valence-corrected chi connectivity index (χ0v) is 15.6. The van der Waals surface area contributed by atoms with Crippen LogP contribution in [0.3, 0.4) is 0 Å². The van der Waals surface area contributed by atoms with Crippen LogP contribution in [-0.2, 0) is 0 Å². The molecule has 1 unspecified atom stereocenters. The lowest BCUT2D eigenvalue weighted by Gasteiger charge is -2.20. The van der Waals surface area contributed by atoms with Gasteiger partial charge in [0, 0.05) is 10.5 Å². The minimum absolute atomic E-state index is 0.486. The fourth-order valence-corrected chi connectivity index (χ4v) is 3.37. The second-order valence-electron chi connectivity index (χ2n) is 6.05. The van der Waals surface area contributed by atoms with Gasteiger partial charge in [-0.05, 0) is 31.5 Å². The quantitative estimate of drug-likeness (QED) is 0.444. The van der Waals surface area contributed by atoms with Gasteiger partial charge in [0.05, 0.1) is 0 Å². The van der Waals surface area contributed by atoms with Crippen molar-refractivity contribution in [2.45, 2.75) is 78.2 Å². The Bertz CT molecular complexity index is 389. The maximum atomic E-state index is 3.71. The molecular formula is C19H32BrN. The third kappa shape index (κ3) is 7.46. The first kappa shape index (κ1) is 18.7. The van der Waals surface area contributed by atoms with E-state index in [-0.39, 0.29) is 0 Å². The van der Waals surface area contributed by atoms with E-state index >= 15 is 0 Å². The highest BCUT2D eigenvalue weighted by molar-refractivity contribution is 9.10. The Morgan fingerprint density at radius 1 is 1.00 bits per heavy atom. The first-order valence-electron chi connectivity index (χ1n) is 8.68. The van der Waals surface area contributed by atoms with Gasteiger partial charge < -0.3 is 5.32 Å². The molecule has 1 nitrogen and oxygen atoms in total. The molecule has 0 amide bonds. The van der Waals surface area contributed by atoms with Crippen LogP contribution in [0.1, 0.15) is 82.4 Å². The van der Waals surface area contributed by atoms with Crippen LogP contribution in [0.15, 0.2) is 22.7 Å². The van der Waals surface area contributed by atoms with Gasteiger partial charge >= 0.3 is 0 Å². The van der Waals surface area contributed by atoms with Crippen molar-refractivity contribution in [1.82, 2.24) is 5.32 Å². The number of hydrogen-bond acceptors (Lipinski definition) is 1. The molecule has 2 heteroatoms. The number of nitrogens with one attached hydrogen (secondary N) is 1. The molecule has 0 saturated heterocycles. The lowest BCUT2D eigenvalue weighted by Crippen LogP contribution is -2.21. The van der Waals surface area contributed by atoms with Crippen molar-refractivity contribution in [2.75, 3.05) is 6.54 Å². The van der Waals surface area contributed by atoms with Crippen molar-refractivity contribution < 1.29 is 0 Å². The summed E-state index contributed by atoms with van der Waals surface area (Å²) in [4.78, 5) is 0. The summed E-state index contributed by atoms with van der Waals surface area (Å²) in [7, 11) is 0. The summed E-state index contributed by atoms with van der Waals surface area (Å²) >= 11 is 3.71. The van der Waals surface area contributed by atoms with Crippen LogP contribution in [0.4, 0.5) is 0 Å². The predicted molar refractivity (Wildman–Crippen MR) is 97.9 cm³/mol. The van der Waals surface area contributed by atoms with Crippen molar-refractivity contribution in [3.8, 4) is 0 Å². The average Bonchev–Trinajstić information content (AvgIpc) is 2.48. The zero-order valence-electron chi connectivity index (χ0n) is 14.1. The normalized spacial score (nSPS) is 12.6.